The molecule has 3 rings (SSSR count). The summed E-state index contributed by atoms with van der Waals surface area (Å²) >= 11 is 0. The summed E-state index contributed by atoms with van der Waals surface area (Å²) in [6.07, 6.45) is 8.32. The highest BCUT2D eigenvalue weighted by atomic mass is 16.2. The predicted molar refractivity (Wildman–Crippen MR) is 90.0 cm³/mol. The smallest absolute Gasteiger partial charge is 0.273 e. The first-order valence-electron chi connectivity index (χ1n) is 7.89. The van der Waals surface area contributed by atoms with Crippen LogP contribution in [-0.4, -0.2) is 31.4 Å². The topological polar surface area (TPSA) is 81.3 Å². The van der Waals surface area contributed by atoms with Crippen molar-refractivity contribution in [3.8, 4) is 0 Å². The number of aryl methyl sites for hydroxylation is 1. The summed E-state index contributed by atoms with van der Waals surface area (Å²) in [7, 11) is 0. The molecule has 24 heavy (non-hydrogen) atoms. The number of fused-ring (bicyclic) bond motifs is 1. The number of imidazole rings is 1. The molecule has 0 aromatic carbocycles. The second-order valence-corrected chi connectivity index (χ2v) is 5.55. The van der Waals surface area contributed by atoms with E-state index in [0.29, 0.717) is 24.4 Å². The molecule has 1 N–H and O–H groups in total. The zero-order valence-electron chi connectivity index (χ0n) is 13.5. The molecular formula is C17H19N5O2. The van der Waals surface area contributed by atoms with Gasteiger partial charge in [-0.2, -0.15) is 0 Å². The van der Waals surface area contributed by atoms with Gasteiger partial charge in [-0.15, -0.1) is 0 Å². The molecule has 0 atom stereocenters. The molecule has 0 aliphatic carbocycles. The minimum Gasteiger partial charge on any atom is -0.351 e. The molecule has 0 aliphatic heterocycles. The molecule has 3 aromatic rings. The van der Waals surface area contributed by atoms with E-state index in [2.05, 4.69) is 15.3 Å². The Morgan fingerprint density at radius 2 is 1.96 bits per heavy atom. The van der Waals surface area contributed by atoms with Gasteiger partial charge in [0.1, 0.15) is 0 Å². The Morgan fingerprint density at radius 1 is 1.17 bits per heavy atom. The summed E-state index contributed by atoms with van der Waals surface area (Å²) in [4.78, 5) is 32.2. The number of rotatable bonds is 6. The quantitative estimate of drug-likeness (QED) is 0.695. The lowest BCUT2D eigenvalue weighted by atomic mass is 10.2. The standard InChI is InChI=1S/C17H19N5O2/c1-13-5-4-6-14(23)22(13)10-3-2-7-20-17(24)15-16-19-9-12-21(16)11-8-18-15/h4-6,8-9,11-12H,2-3,7,10H2,1H3,(H,20,24). The maximum absolute atomic E-state index is 12.2. The summed E-state index contributed by atoms with van der Waals surface area (Å²) in [6, 6.07) is 5.24. The molecule has 7 nitrogen and oxygen atoms in total. The number of amides is 1. The highest BCUT2D eigenvalue weighted by molar-refractivity contribution is 5.97. The number of aromatic nitrogens is 4. The molecule has 1 amide bonds. The molecule has 3 aromatic heterocycles. The third-order valence-electron chi connectivity index (χ3n) is 3.89. The lowest BCUT2D eigenvalue weighted by Crippen LogP contribution is -2.27. The van der Waals surface area contributed by atoms with Crippen LogP contribution in [0.2, 0.25) is 0 Å². The van der Waals surface area contributed by atoms with Gasteiger partial charge in [0.2, 0.25) is 0 Å². The molecule has 7 heteroatoms. The van der Waals surface area contributed by atoms with E-state index in [0.717, 1.165) is 18.5 Å². The van der Waals surface area contributed by atoms with Crippen LogP contribution in [0.5, 0.6) is 0 Å². The number of hydrogen-bond donors (Lipinski definition) is 1. The van der Waals surface area contributed by atoms with Gasteiger partial charge in [-0.25, -0.2) is 9.97 Å². The Kier molecular flexibility index (Phi) is 4.69. The normalized spacial score (nSPS) is 10.9. The number of nitrogens with zero attached hydrogens (tertiary/aromatic N) is 4. The van der Waals surface area contributed by atoms with Crippen molar-refractivity contribution in [3.63, 3.8) is 0 Å². The van der Waals surface area contributed by atoms with Crippen molar-refractivity contribution in [3.05, 3.63) is 64.7 Å². The number of hydrogen-bond acceptors (Lipinski definition) is 4. The lowest BCUT2D eigenvalue weighted by Gasteiger charge is -2.09. The Labute approximate surface area is 139 Å². The first-order valence-corrected chi connectivity index (χ1v) is 7.89. The molecule has 0 saturated carbocycles. The summed E-state index contributed by atoms with van der Waals surface area (Å²) in [5.74, 6) is -0.236. The predicted octanol–water partition coefficient (Wildman–Crippen LogP) is 1.41. The van der Waals surface area contributed by atoms with E-state index in [1.807, 2.05) is 13.0 Å². The van der Waals surface area contributed by atoms with Crippen molar-refractivity contribution in [1.82, 2.24) is 24.3 Å². The summed E-state index contributed by atoms with van der Waals surface area (Å²) in [5.41, 5.74) is 1.81. The molecular weight excluding hydrogens is 306 g/mol. The van der Waals surface area contributed by atoms with Crippen molar-refractivity contribution >= 4 is 11.6 Å². The summed E-state index contributed by atoms with van der Waals surface area (Å²) in [5, 5.41) is 2.85. The number of nitrogens with one attached hydrogen (secondary N) is 1. The van der Waals surface area contributed by atoms with Crippen LogP contribution in [0.4, 0.5) is 0 Å². The van der Waals surface area contributed by atoms with Gasteiger partial charge in [-0.3, -0.25) is 9.59 Å². The molecule has 0 fully saturated rings. The van der Waals surface area contributed by atoms with Gasteiger partial charge in [0.05, 0.1) is 0 Å². The first kappa shape index (κ1) is 15.9. The van der Waals surface area contributed by atoms with E-state index < -0.39 is 0 Å². The van der Waals surface area contributed by atoms with Crippen molar-refractivity contribution < 1.29 is 4.79 Å². The van der Waals surface area contributed by atoms with E-state index in [9.17, 15) is 9.59 Å². The number of pyridine rings is 1. The van der Waals surface area contributed by atoms with Crippen LogP contribution in [0.15, 0.2) is 47.8 Å². The van der Waals surface area contributed by atoms with Gasteiger partial charge in [-0.1, -0.05) is 6.07 Å². The molecule has 0 unspecified atom stereocenters. The fourth-order valence-corrected chi connectivity index (χ4v) is 2.60. The van der Waals surface area contributed by atoms with Crippen LogP contribution in [0.3, 0.4) is 0 Å². The minimum atomic E-state index is -0.236. The Bertz CT molecular complexity index is 912. The van der Waals surface area contributed by atoms with Crippen molar-refractivity contribution in [1.29, 1.82) is 0 Å². The van der Waals surface area contributed by atoms with E-state index in [-0.39, 0.29) is 11.5 Å². The fourth-order valence-electron chi connectivity index (χ4n) is 2.60. The average Bonchev–Trinajstić information content (AvgIpc) is 3.05. The van der Waals surface area contributed by atoms with Gasteiger partial charge in [-0.05, 0) is 25.8 Å². The second-order valence-electron chi connectivity index (χ2n) is 5.55. The molecule has 0 radical (unpaired) electrons. The van der Waals surface area contributed by atoms with E-state index in [1.165, 1.54) is 0 Å². The molecule has 0 bridgehead atoms. The van der Waals surface area contributed by atoms with Crippen LogP contribution in [0, 0.1) is 6.92 Å². The highest BCUT2D eigenvalue weighted by Gasteiger charge is 2.12. The zero-order valence-corrected chi connectivity index (χ0v) is 13.5. The maximum atomic E-state index is 12.2. The van der Waals surface area contributed by atoms with Gasteiger partial charge < -0.3 is 14.3 Å². The van der Waals surface area contributed by atoms with Crippen LogP contribution in [0.1, 0.15) is 29.0 Å². The minimum absolute atomic E-state index is 0.00854. The van der Waals surface area contributed by atoms with Gasteiger partial charge >= 0.3 is 0 Å². The third kappa shape index (κ3) is 3.34. The zero-order chi connectivity index (χ0) is 16.9. The number of unbranched alkanes of at least 4 members (excludes halogenated alkanes) is 1. The first-order chi connectivity index (χ1) is 11.7. The van der Waals surface area contributed by atoms with E-state index in [4.69, 9.17) is 0 Å². The molecule has 0 saturated heterocycles. The van der Waals surface area contributed by atoms with Crippen molar-refractivity contribution in [2.45, 2.75) is 26.3 Å². The SMILES string of the molecule is Cc1cccc(=O)n1CCCCNC(=O)c1nccn2ccnc12. The Hall–Kier alpha value is -2.96. The fraction of sp³-hybridized carbons (Fsp3) is 0.294. The highest BCUT2D eigenvalue weighted by Crippen LogP contribution is 2.05. The van der Waals surface area contributed by atoms with Crippen molar-refractivity contribution in [2.24, 2.45) is 0 Å². The Balaban J connectivity index is 1.51. The van der Waals surface area contributed by atoms with Crippen LogP contribution in [-0.2, 0) is 6.54 Å². The second kappa shape index (κ2) is 7.08. The van der Waals surface area contributed by atoms with Crippen LogP contribution < -0.4 is 10.9 Å². The molecule has 0 aliphatic rings. The third-order valence-corrected chi connectivity index (χ3v) is 3.89. The maximum Gasteiger partial charge on any atom is 0.273 e. The Morgan fingerprint density at radius 3 is 2.75 bits per heavy atom. The number of carbonyl (C=O) groups is 1. The van der Waals surface area contributed by atoms with Gasteiger partial charge in [0, 0.05) is 49.6 Å². The summed E-state index contributed by atoms with van der Waals surface area (Å²) in [6.45, 7) is 3.10. The average molecular weight is 325 g/mol. The largest absolute Gasteiger partial charge is 0.351 e. The van der Waals surface area contributed by atoms with E-state index >= 15 is 0 Å². The molecule has 3 heterocycles. The van der Waals surface area contributed by atoms with Crippen LogP contribution >= 0.6 is 0 Å². The molecule has 0 spiro atoms. The lowest BCUT2D eigenvalue weighted by molar-refractivity contribution is 0.0949. The monoisotopic (exact) mass is 325 g/mol. The van der Waals surface area contributed by atoms with Gasteiger partial charge in [0.25, 0.3) is 11.5 Å². The number of carbonyl (C=O) groups excluding carboxylic acids is 1. The summed E-state index contributed by atoms with van der Waals surface area (Å²) < 4.78 is 3.50. The molecule has 124 valence electrons. The van der Waals surface area contributed by atoms with Gasteiger partial charge in [0.15, 0.2) is 11.3 Å². The van der Waals surface area contributed by atoms with Crippen LogP contribution in [0.25, 0.3) is 5.65 Å². The van der Waals surface area contributed by atoms with E-state index in [1.54, 1.807) is 45.9 Å². The van der Waals surface area contributed by atoms with Crippen molar-refractivity contribution in [2.75, 3.05) is 6.54 Å².